The number of amides is 2. The second-order valence-electron chi connectivity index (χ2n) is 7.08. The number of fused-ring (bicyclic) bond motifs is 2. The second kappa shape index (κ2) is 7.17. The summed E-state index contributed by atoms with van der Waals surface area (Å²) in [6, 6.07) is 7.76. The summed E-state index contributed by atoms with van der Waals surface area (Å²) in [5, 5.41) is 6.44. The molecule has 2 aliphatic heterocycles. The lowest BCUT2D eigenvalue weighted by Gasteiger charge is -2.30. The van der Waals surface area contributed by atoms with E-state index in [0.717, 1.165) is 35.6 Å². The molecule has 2 bridgehead atoms. The van der Waals surface area contributed by atoms with Gasteiger partial charge < -0.3 is 15.5 Å². The average Bonchev–Trinajstić information content (AvgIpc) is 3.22. The Hall–Kier alpha value is -2.25. The van der Waals surface area contributed by atoms with Crippen LogP contribution < -0.4 is 10.6 Å². The zero-order chi connectivity index (χ0) is 18.1. The maximum atomic E-state index is 12.6. The van der Waals surface area contributed by atoms with E-state index in [1.165, 1.54) is 31.2 Å². The first-order chi connectivity index (χ1) is 12.6. The maximum Gasteiger partial charge on any atom is 0.280 e. The molecule has 4 rings (SSSR count). The molecule has 2 N–H and O–H groups in total. The first-order valence-corrected chi connectivity index (χ1v) is 9.76. The van der Waals surface area contributed by atoms with Gasteiger partial charge in [0.15, 0.2) is 5.01 Å². The van der Waals surface area contributed by atoms with E-state index in [2.05, 4.69) is 20.5 Å². The molecule has 3 atom stereocenters. The van der Waals surface area contributed by atoms with Crippen molar-refractivity contribution < 1.29 is 9.59 Å². The summed E-state index contributed by atoms with van der Waals surface area (Å²) in [7, 11) is 0. The van der Waals surface area contributed by atoms with E-state index in [9.17, 15) is 9.59 Å². The van der Waals surface area contributed by atoms with Crippen LogP contribution in [0.4, 0.5) is 5.69 Å². The molecule has 0 radical (unpaired) electrons. The number of anilines is 1. The fourth-order valence-electron chi connectivity index (χ4n) is 3.91. The van der Waals surface area contributed by atoms with Gasteiger partial charge >= 0.3 is 0 Å². The molecular formula is C19H22N4O2S. The molecule has 1 aromatic heterocycles. The molecule has 136 valence electrons. The van der Waals surface area contributed by atoms with E-state index in [1.54, 1.807) is 6.20 Å². The SMILES string of the molecule is CC(=O)Nc1ccccc1-c1cnc(C(=O)N[C@H]2C[C@H]3CCN(C3)C2)s1. The summed E-state index contributed by atoms with van der Waals surface area (Å²) in [4.78, 5) is 31.6. The van der Waals surface area contributed by atoms with Gasteiger partial charge in [-0.3, -0.25) is 9.59 Å². The van der Waals surface area contributed by atoms with Gasteiger partial charge in [0.1, 0.15) is 0 Å². The first kappa shape index (κ1) is 17.2. The maximum absolute atomic E-state index is 12.6. The fourth-order valence-corrected chi connectivity index (χ4v) is 4.77. The monoisotopic (exact) mass is 370 g/mol. The molecule has 0 spiro atoms. The number of carbonyl (C=O) groups excluding carboxylic acids is 2. The zero-order valence-corrected chi connectivity index (χ0v) is 15.5. The second-order valence-corrected chi connectivity index (χ2v) is 8.11. The smallest absolute Gasteiger partial charge is 0.280 e. The summed E-state index contributed by atoms with van der Waals surface area (Å²) in [6.45, 7) is 4.74. The number of carbonyl (C=O) groups is 2. The Kier molecular flexibility index (Phi) is 4.74. The fraction of sp³-hybridized carbons (Fsp3) is 0.421. The number of hydrogen-bond acceptors (Lipinski definition) is 5. The van der Waals surface area contributed by atoms with Gasteiger partial charge in [-0.15, -0.1) is 11.3 Å². The number of benzene rings is 1. The predicted molar refractivity (Wildman–Crippen MR) is 102 cm³/mol. The Balaban J connectivity index is 1.48. The van der Waals surface area contributed by atoms with E-state index in [-0.39, 0.29) is 17.9 Å². The van der Waals surface area contributed by atoms with Crippen molar-refractivity contribution in [2.75, 3.05) is 25.0 Å². The summed E-state index contributed by atoms with van der Waals surface area (Å²) < 4.78 is 0. The number of piperidine rings is 1. The lowest BCUT2D eigenvalue weighted by atomic mass is 9.97. The Labute approximate surface area is 156 Å². The normalized spacial score (nSPS) is 24.3. The molecule has 2 aliphatic rings. The van der Waals surface area contributed by atoms with Crippen molar-refractivity contribution in [3.8, 4) is 10.4 Å². The summed E-state index contributed by atoms with van der Waals surface area (Å²) in [6.07, 6.45) is 4.01. The van der Waals surface area contributed by atoms with Crippen LogP contribution in [-0.4, -0.2) is 47.4 Å². The minimum Gasteiger partial charge on any atom is -0.346 e. The van der Waals surface area contributed by atoms with E-state index >= 15 is 0 Å². The number of rotatable bonds is 4. The largest absolute Gasteiger partial charge is 0.346 e. The van der Waals surface area contributed by atoms with Crippen molar-refractivity contribution in [2.45, 2.75) is 25.8 Å². The third-order valence-corrected chi connectivity index (χ3v) is 6.03. The molecule has 0 aliphatic carbocycles. The Bertz CT molecular complexity index is 822. The van der Waals surface area contributed by atoms with Crippen LogP contribution in [0.1, 0.15) is 29.6 Å². The van der Waals surface area contributed by atoms with Crippen LogP contribution >= 0.6 is 11.3 Å². The van der Waals surface area contributed by atoms with Gasteiger partial charge in [0, 0.05) is 43.5 Å². The van der Waals surface area contributed by atoms with E-state index in [4.69, 9.17) is 0 Å². The third kappa shape index (κ3) is 3.64. The molecule has 2 fully saturated rings. The molecule has 2 saturated heterocycles. The highest BCUT2D eigenvalue weighted by atomic mass is 32.1. The first-order valence-electron chi connectivity index (χ1n) is 8.94. The molecule has 7 heteroatoms. The number of aromatic nitrogens is 1. The number of thiazole rings is 1. The van der Waals surface area contributed by atoms with Crippen LogP contribution in [0.5, 0.6) is 0 Å². The molecule has 1 unspecified atom stereocenters. The van der Waals surface area contributed by atoms with Crippen LogP contribution in [0.3, 0.4) is 0 Å². The average molecular weight is 370 g/mol. The number of nitrogens with zero attached hydrogens (tertiary/aromatic N) is 2. The van der Waals surface area contributed by atoms with Crippen molar-refractivity contribution in [1.82, 2.24) is 15.2 Å². The Morgan fingerprint density at radius 1 is 1.27 bits per heavy atom. The minimum absolute atomic E-state index is 0.106. The summed E-state index contributed by atoms with van der Waals surface area (Å²) >= 11 is 1.35. The molecule has 1 aromatic carbocycles. The molecule has 2 aromatic rings. The van der Waals surface area contributed by atoms with Gasteiger partial charge in [0.05, 0.1) is 4.88 Å². The molecule has 3 heterocycles. The van der Waals surface area contributed by atoms with Crippen molar-refractivity contribution in [2.24, 2.45) is 5.92 Å². The van der Waals surface area contributed by atoms with Crippen LogP contribution in [0.2, 0.25) is 0 Å². The molecule has 2 amide bonds. The topological polar surface area (TPSA) is 74.3 Å². The van der Waals surface area contributed by atoms with Crippen LogP contribution in [0, 0.1) is 5.92 Å². The Morgan fingerprint density at radius 2 is 2.12 bits per heavy atom. The van der Waals surface area contributed by atoms with E-state index in [0.29, 0.717) is 10.9 Å². The van der Waals surface area contributed by atoms with E-state index < -0.39 is 0 Å². The number of hydrogen-bond donors (Lipinski definition) is 2. The van der Waals surface area contributed by atoms with Crippen molar-refractivity contribution in [3.63, 3.8) is 0 Å². The molecule has 26 heavy (non-hydrogen) atoms. The highest BCUT2D eigenvalue weighted by Crippen LogP contribution is 2.32. The molecular weight excluding hydrogens is 348 g/mol. The van der Waals surface area contributed by atoms with E-state index in [1.807, 2.05) is 24.3 Å². The van der Waals surface area contributed by atoms with Gasteiger partial charge in [-0.05, 0) is 31.4 Å². The number of nitrogens with one attached hydrogen (secondary N) is 2. The van der Waals surface area contributed by atoms with Gasteiger partial charge in [-0.25, -0.2) is 4.98 Å². The minimum atomic E-state index is -0.123. The molecule has 6 nitrogen and oxygen atoms in total. The van der Waals surface area contributed by atoms with Gasteiger partial charge in [0.25, 0.3) is 5.91 Å². The number of para-hydroxylation sites is 1. The van der Waals surface area contributed by atoms with Crippen LogP contribution in [-0.2, 0) is 4.79 Å². The van der Waals surface area contributed by atoms with Gasteiger partial charge in [-0.2, -0.15) is 0 Å². The standard InChI is InChI=1S/C19H22N4O2S/c1-12(24)21-16-5-3-2-4-15(16)17-9-20-19(26-17)18(25)22-14-8-13-6-7-23(10-13)11-14/h2-5,9,13-14H,6-8,10-11H2,1H3,(H,21,24)(H,22,25)/t13-,14+/m1/s1. The van der Waals surface area contributed by atoms with Crippen LogP contribution in [0.25, 0.3) is 10.4 Å². The molecule has 0 saturated carbocycles. The summed E-state index contributed by atoms with van der Waals surface area (Å²) in [5.41, 5.74) is 1.60. The predicted octanol–water partition coefficient (Wildman–Crippen LogP) is 2.59. The summed E-state index contributed by atoms with van der Waals surface area (Å²) in [5.74, 6) is 0.484. The zero-order valence-electron chi connectivity index (χ0n) is 14.7. The lowest BCUT2D eigenvalue weighted by molar-refractivity contribution is -0.114. The van der Waals surface area contributed by atoms with Crippen molar-refractivity contribution in [1.29, 1.82) is 0 Å². The van der Waals surface area contributed by atoms with Crippen molar-refractivity contribution in [3.05, 3.63) is 35.5 Å². The highest BCUT2D eigenvalue weighted by Gasteiger charge is 2.33. The lowest BCUT2D eigenvalue weighted by Crippen LogP contribution is -2.46. The third-order valence-electron chi connectivity index (χ3n) is 5.00. The quantitative estimate of drug-likeness (QED) is 0.868. The Morgan fingerprint density at radius 3 is 2.92 bits per heavy atom. The van der Waals surface area contributed by atoms with Crippen LogP contribution in [0.15, 0.2) is 30.5 Å². The highest BCUT2D eigenvalue weighted by molar-refractivity contribution is 7.17. The van der Waals surface area contributed by atoms with Crippen molar-refractivity contribution >= 4 is 28.8 Å². The van der Waals surface area contributed by atoms with Gasteiger partial charge in [0.2, 0.25) is 5.91 Å². The van der Waals surface area contributed by atoms with Gasteiger partial charge in [-0.1, -0.05) is 18.2 Å².